The van der Waals surface area contributed by atoms with Crippen LogP contribution in [-0.4, -0.2) is 43.8 Å². The molecule has 0 N–H and O–H groups in total. The first-order valence-corrected chi connectivity index (χ1v) is 10.8. The van der Waals surface area contributed by atoms with E-state index < -0.39 is 0 Å². The van der Waals surface area contributed by atoms with Crippen LogP contribution in [0.2, 0.25) is 0 Å². The number of hydrogen-bond donors (Lipinski definition) is 0. The molecule has 0 bridgehead atoms. The Kier molecular flexibility index (Phi) is 6.89. The average molecular weight is 402 g/mol. The summed E-state index contributed by atoms with van der Waals surface area (Å²) in [5, 5.41) is 0. The Balaban J connectivity index is 1.83. The lowest BCUT2D eigenvalue weighted by Crippen LogP contribution is -2.40. The summed E-state index contributed by atoms with van der Waals surface area (Å²) in [5.74, 6) is 1.46. The molecule has 5 heteroatoms. The highest BCUT2D eigenvalue weighted by Gasteiger charge is 2.50. The Morgan fingerprint density at radius 1 is 1.45 bits per heavy atom. The van der Waals surface area contributed by atoms with Crippen molar-refractivity contribution >= 4 is 5.97 Å². The number of nitrogens with zero attached hydrogens (tertiary/aromatic N) is 1. The van der Waals surface area contributed by atoms with Crippen LogP contribution in [0.25, 0.3) is 0 Å². The molecule has 0 amide bonds. The molecule has 1 aromatic rings. The molecule has 2 aliphatic heterocycles. The van der Waals surface area contributed by atoms with Gasteiger partial charge in [-0.2, -0.15) is 0 Å². The van der Waals surface area contributed by atoms with E-state index >= 15 is 0 Å². The molecule has 0 unspecified atom stereocenters. The van der Waals surface area contributed by atoms with Gasteiger partial charge >= 0.3 is 5.97 Å². The van der Waals surface area contributed by atoms with E-state index in [2.05, 4.69) is 31.5 Å². The molecule has 29 heavy (non-hydrogen) atoms. The van der Waals surface area contributed by atoms with Crippen molar-refractivity contribution in [2.45, 2.75) is 76.5 Å². The quantitative estimate of drug-likeness (QED) is 0.343. The molecule has 3 rings (SSSR count). The van der Waals surface area contributed by atoms with Crippen LogP contribution in [0.5, 0.6) is 11.5 Å². The van der Waals surface area contributed by atoms with Crippen molar-refractivity contribution in [2.75, 3.05) is 20.7 Å². The smallest absolute Gasteiger partial charge is 0.306 e. The number of unbranched alkanes of at least 4 members (excludes halogenated alkanes) is 2. The molecule has 1 aromatic carbocycles. The molecule has 5 nitrogen and oxygen atoms in total. The van der Waals surface area contributed by atoms with E-state index in [4.69, 9.17) is 14.2 Å². The predicted molar refractivity (Wildman–Crippen MR) is 115 cm³/mol. The number of methoxy groups -OCH3 is 1. The molecular weight excluding hydrogens is 366 g/mol. The molecule has 0 aliphatic carbocycles. The standard InChI is InChI=1S/C24H35NO4/c1-6-8-9-10-21(26)28-17(3)15-20-24(7-2)13-14-25(4)16-18-11-12-19(27-5)23(29-20)22(18)24/h7,11-12,17,20H,2,6,8-10,13-16H2,1,3-5H3/t17-,20-,24-/m0/s1. The topological polar surface area (TPSA) is 48.0 Å². The van der Waals surface area contributed by atoms with E-state index in [1.165, 1.54) is 11.1 Å². The van der Waals surface area contributed by atoms with E-state index in [1.807, 2.05) is 19.1 Å². The first kappa shape index (κ1) is 21.7. The second kappa shape index (κ2) is 9.21. The third-order valence-corrected chi connectivity index (χ3v) is 6.30. The highest BCUT2D eigenvalue weighted by molar-refractivity contribution is 5.69. The van der Waals surface area contributed by atoms with Crippen LogP contribution in [0.1, 0.15) is 63.5 Å². The fourth-order valence-electron chi connectivity index (χ4n) is 4.71. The first-order chi connectivity index (χ1) is 13.9. The molecule has 3 atom stereocenters. The molecule has 0 saturated heterocycles. The van der Waals surface area contributed by atoms with Gasteiger partial charge < -0.3 is 19.1 Å². The number of carbonyl (C=O) groups is 1. The van der Waals surface area contributed by atoms with Gasteiger partial charge in [-0.1, -0.05) is 31.9 Å². The lowest BCUT2D eigenvalue weighted by Gasteiger charge is -2.32. The predicted octanol–water partition coefficient (Wildman–Crippen LogP) is 4.62. The highest BCUT2D eigenvalue weighted by atomic mass is 16.5. The Labute approximate surface area is 175 Å². The van der Waals surface area contributed by atoms with Crippen LogP contribution in [0.4, 0.5) is 0 Å². The van der Waals surface area contributed by atoms with Gasteiger partial charge in [-0.25, -0.2) is 0 Å². The molecule has 0 spiro atoms. The number of rotatable bonds is 9. The van der Waals surface area contributed by atoms with Crippen molar-refractivity contribution < 1.29 is 19.0 Å². The molecular formula is C24H35NO4. The second-order valence-corrected chi connectivity index (χ2v) is 8.46. The highest BCUT2D eigenvalue weighted by Crippen LogP contribution is 2.54. The molecule has 0 fully saturated rings. The Morgan fingerprint density at radius 3 is 2.93 bits per heavy atom. The fourth-order valence-corrected chi connectivity index (χ4v) is 4.71. The van der Waals surface area contributed by atoms with Crippen LogP contribution in [0.3, 0.4) is 0 Å². The minimum atomic E-state index is -0.299. The minimum absolute atomic E-state index is 0.118. The van der Waals surface area contributed by atoms with Crippen LogP contribution >= 0.6 is 0 Å². The maximum atomic E-state index is 12.2. The van der Waals surface area contributed by atoms with E-state index in [0.717, 1.165) is 50.3 Å². The molecule has 160 valence electrons. The summed E-state index contributed by atoms with van der Waals surface area (Å²) in [7, 11) is 3.82. The zero-order valence-electron chi connectivity index (χ0n) is 18.3. The summed E-state index contributed by atoms with van der Waals surface area (Å²) in [6.07, 6.45) is 6.77. The lowest BCUT2D eigenvalue weighted by atomic mass is 9.72. The van der Waals surface area contributed by atoms with Crippen molar-refractivity contribution in [1.82, 2.24) is 4.90 Å². The van der Waals surface area contributed by atoms with Crippen molar-refractivity contribution in [1.29, 1.82) is 0 Å². The largest absolute Gasteiger partial charge is 0.493 e. The monoisotopic (exact) mass is 401 g/mol. The van der Waals surface area contributed by atoms with Crippen LogP contribution < -0.4 is 9.47 Å². The number of benzene rings is 1. The van der Waals surface area contributed by atoms with Gasteiger partial charge in [0.1, 0.15) is 12.2 Å². The molecule has 2 aliphatic rings. The van der Waals surface area contributed by atoms with Gasteiger partial charge in [0, 0.05) is 24.9 Å². The average Bonchev–Trinajstić information content (AvgIpc) is 2.92. The molecule has 0 radical (unpaired) electrons. The second-order valence-electron chi connectivity index (χ2n) is 8.46. The van der Waals surface area contributed by atoms with Crippen LogP contribution in [0.15, 0.2) is 24.8 Å². The Hall–Kier alpha value is -2.01. The zero-order valence-corrected chi connectivity index (χ0v) is 18.3. The van der Waals surface area contributed by atoms with E-state index in [-0.39, 0.29) is 23.6 Å². The Morgan fingerprint density at radius 2 is 2.24 bits per heavy atom. The molecule has 0 saturated carbocycles. The SMILES string of the molecule is C=C[C@@]12CCN(C)Cc3ccc(OC)c(c31)O[C@H]2C[C@H](C)OC(=O)CCCCC. The summed E-state index contributed by atoms with van der Waals surface area (Å²) in [5.41, 5.74) is 2.16. The summed E-state index contributed by atoms with van der Waals surface area (Å²) in [6.45, 7) is 10.1. The summed E-state index contributed by atoms with van der Waals surface area (Å²) < 4.78 is 17.8. The third-order valence-electron chi connectivity index (χ3n) is 6.30. The normalized spacial score (nSPS) is 24.2. The van der Waals surface area contributed by atoms with Gasteiger partial charge in [0.25, 0.3) is 0 Å². The van der Waals surface area contributed by atoms with Gasteiger partial charge in [-0.05, 0) is 45.0 Å². The number of ether oxygens (including phenoxy) is 3. The summed E-state index contributed by atoms with van der Waals surface area (Å²) in [6, 6.07) is 4.13. The Bertz CT molecular complexity index is 747. The van der Waals surface area contributed by atoms with Crippen molar-refractivity contribution in [3.8, 4) is 11.5 Å². The maximum absolute atomic E-state index is 12.2. The van der Waals surface area contributed by atoms with E-state index in [1.54, 1.807) is 7.11 Å². The van der Waals surface area contributed by atoms with E-state index in [0.29, 0.717) is 12.8 Å². The first-order valence-electron chi connectivity index (χ1n) is 10.8. The number of hydrogen-bond acceptors (Lipinski definition) is 5. The molecule has 2 heterocycles. The maximum Gasteiger partial charge on any atom is 0.306 e. The third kappa shape index (κ3) is 4.30. The summed E-state index contributed by atoms with van der Waals surface area (Å²) in [4.78, 5) is 14.5. The lowest BCUT2D eigenvalue weighted by molar-refractivity contribution is -0.149. The minimum Gasteiger partial charge on any atom is -0.493 e. The van der Waals surface area contributed by atoms with Gasteiger partial charge in [0.05, 0.1) is 12.5 Å². The van der Waals surface area contributed by atoms with Crippen LogP contribution in [0, 0.1) is 0 Å². The van der Waals surface area contributed by atoms with Crippen molar-refractivity contribution in [2.24, 2.45) is 0 Å². The van der Waals surface area contributed by atoms with Crippen molar-refractivity contribution in [3.63, 3.8) is 0 Å². The van der Waals surface area contributed by atoms with Gasteiger partial charge in [0.2, 0.25) is 0 Å². The fraction of sp³-hybridized carbons (Fsp3) is 0.625. The molecule has 0 aromatic heterocycles. The van der Waals surface area contributed by atoms with Crippen LogP contribution in [-0.2, 0) is 21.5 Å². The van der Waals surface area contributed by atoms with E-state index in [9.17, 15) is 4.79 Å². The van der Waals surface area contributed by atoms with Gasteiger partial charge in [-0.15, -0.1) is 6.58 Å². The van der Waals surface area contributed by atoms with Gasteiger partial charge in [0.15, 0.2) is 11.5 Å². The number of esters is 1. The van der Waals surface area contributed by atoms with Gasteiger partial charge in [-0.3, -0.25) is 4.79 Å². The van der Waals surface area contributed by atoms with Crippen molar-refractivity contribution in [3.05, 3.63) is 35.9 Å². The summed E-state index contributed by atoms with van der Waals surface area (Å²) >= 11 is 0. The zero-order chi connectivity index (χ0) is 21.0. The number of carbonyl (C=O) groups excluding carboxylic acids is 1.